The molecule has 0 unspecified atom stereocenters. The Morgan fingerprint density at radius 3 is 2.72 bits per heavy atom. The highest BCUT2D eigenvalue weighted by atomic mass is 32.1. The minimum Gasteiger partial charge on any atom is -0.481 e. The fraction of sp³-hybridized carbons (Fsp3) is 0.500. The molecular formula is C12H16N2O3S. The van der Waals surface area contributed by atoms with Gasteiger partial charge in [0.15, 0.2) is 0 Å². The van der Waals surface area contributed by atoms with Gasteiger partial charge in [0.25, 0.3) is 5.91 Å². The second-order valence-corrected chi connectivity index (χ2v) is 5.45. The molecular weight excluding hydrogens is 252 g/mol. The molecule has 0 atom stereocenters. The number of carbonyl (C=O) groups is 2. The summed E-state index contributed by atoms with van der Waals surface area (Å²) in [4.78, 5) is 23.2. The average Bonchev–Trinajstić information content (AvgIpc) is 2.66. The van der Waals surface area contributed by atoms with Gasteiger partial charge in [-0.3, -0.25) is 9.59 Å². The summed E-state index contributed by atoms with van der Waals surface area (Å²) in [5.41, 5.74) is 7.06. The van der Waals surface area contributed by atoms with Crippen LogP contribution in [0.15, 0.2) is 0 Å². The lowest BCUT2D eigenvalue weighted by Crippen LogP contribution is -2.17. The molecule has 1 aliphatic carbocycles. The van der Waals surface area contributed by atoms with Crippen LogP contribution >= 0.6 is 11.3 Å². The largest absolute Gasteiger partial charge is 0.481 e. The van der Waals surface area contributed by atoms with Crippen molar-refractivity contribution in [2.75, 3.05) is 11.9 Å². The highest BCUT2D eigenvalue weighted by Crippen LogP contribution is 2.37. The van der Waals surface area contributed by atoms with Gasteiger partial charge in [0.2, 0.25) is 0 Å². The number of hydrogen-bond donors (Lipinski definition) is 3. The molecule has 1 aliphatic rings. The second-order valence-electron chi connectivity index (χ2n) is 4.35. The van der Waals surface area contributed by atoms with E-state index in [-0.39, 0.29) is 6.42 Å². The molecule has 6 heteroatoms. The fourth-order valence-corrected chi connectivity index (χ4v) is 3.55. The van der Waals surface area contributed by atoms with Gasteiger partial charge in [0, 0.05) is 11.4 Å². The molecule has 5 nitrogen and oxygen atoms in total. The number of aliphatic carboxylic acids is 1. The molecule has 0 bridgehead atoms. The molecule has 98 valence electrons. The zero-order chi connectivity index (χ0) is 13.1. The highest BCUT2D eigenvalue weighted by molar-refractivity contribution is 7.16. The number of thiophene rings is 1. The van der Waals surface area contributed by atoms with E-state index >= 15 is 0 Å². The van der Waals surface area contributed by atoms with Gasteiger partial charge >= 0.3 is 5.97 Å². The van der Waals surface area contributed by atoms with Crippen molar-refractivity contribution in [2.45, 2.75) is 32.1 Å². The Labute approximate surface area is 109 Å². The number of fused-ring (bicyclic) bond motifs is 1. The number of primary amides is 1. The fourth-order valence-electron chi connectivity index (χ4n) is 2.23. The minimum absolute atomic E-state index is 0.0285. The standard InChI is InChI=1S/C12H16N2O3S/c13-11(17)10-7-3-1-2-4-8(7)18-12(10)14-6-5-9(15)16/h14H,1-6H2,(H2,13,17)(H,15,16). The van der Waals surface area contributed by atoms with Gasteiger partial charge in [-0.25, -0.2) is 0 Å². The van der Waals surface area contributed by atoms with Gasteiger partial charge < -0.3 is 16.2 Å². The maximum absolute atomic E-state index is 11.5. The first-order valence-corrected chi connectivity index (χ1v) is 6.81. The van der Waals surface area contributed by atoms with Gasteiger partial charge in [-0.1, -0.05) is 0 Å². The summed E-state index contributed by atoms with van der Waals surface area (Å²) >= 11 is 1.54. The number of aryl methyl sites for hydroxylation is 1. The van der Waals surface area contributed by atoms with Crippen LogP contribution in [0.5, 0.6) is 0 Å². The highest BCUT2D eigenvalue weighted by Gasteiger charge is 2.23. The van der Waals surface area contributed by atoms with Crippen LogP contribution in [0.3, 0.4) is 0 Å². The topological polar surface area (TPSA) is 92.4 Å². The number of nitrogens with two attached hydrogens (primary N) is 1. The third kappa shape index (κ3) is 2.64. The van der Waals surface area contributed by atoms with Crippen LogP contribution in [-0.2, 0) is 17.6 Å². The third-order valence-electron chi connectivity index (χ3n) is 3.04. The number of carboxylic acid groups (broad SMARTS) is 1. The number of nitrogens with one attached hydrogen (secondary N) is 1. The van der Waals surface area contributed by atoms with Crippen molar-refractivity contribution >= 4 is 28.2 Å². The lowest BCUT2D eigenvalue weighted by atomic mass is 9.95. The maximum atomic E-state index is 11.5. The first-order chi connectivity index (χ1) is 8.59. The number of carboxylic acids is 1. The Morgan fingerprint density at radius 1 is 1.33 bits per heavy atom. The van der Waals surface area contributed by atoms with E-state index in [4.69, 9.17) is 10.8 Å². The molecule has 0 radical (unpaired) electrons. The molecule has 2 rings (SSSR count). The zero-order valence-corrected chi connectivity index (χ0v) is 10.8. The summed E-state index contributed by atoms with van der Waals surface area (Å²) < 4.78 is 0. The van der Waals surface area contributed by atoms with E-state index < -0.39 is 11.9 Å². The Bertz CT molecular complexity index is 482. The minimum atomic E-state index is -0.857. The Hall–Kier alpha value is -1.56. The lowest BCUT2D eigenvalue weighted by molar-refractivity contribution is -0.136. The van der Waals surface area contributed by atoms with E-state index in [0.717, 1.165) is 36.2 Å². The van der Waals surface area contributed by atoms with Crippen molar-refractivity contribution in [1.29, 1.82) is 0 Å². The smallest absolute Gasteiger partial charge is 0.305 e. The van der Waals surface area contributed by atoms with Crippen molar-refractivity contribution < 1.29 is 14.7 Å². The van der Waals surface area contributed by atoms with Crippen LogP contribution in [0.4, 0.5) is 5.00 Å². The van der Waals surface area contributed by atoms with Crippen molar-refractivity contribution in [3.8, 4) is 0 Å². The molecule has 1 heterocycles. The predicted molar refractivity (Wildman–Crippen MR) is 70.2 cm³/mol. The average molecular weight is 268 g/mol. The summed E-state index contributed by atoms with van der Waals surface area (Å²) in [6, 6.07) is 0. The van der Waals surface area contributed by atoms with Crippen molar-refractivity contribution in [3.05, 3.63) is 16.0 Å². The summed E-state index contributed by atoms with van der Waals surface area (Å²) in [7, 11) is 0. The predicted octanol–water partition coefficient (Wildman–Crippen LogP) is 1.61. The van der Waals surface area contributed by atoms with Crippen LogP contribution in [0, 0.1) is 0 Å². The van der Waals surface area contributed by atoms with E-state index in [1.54, 1.807) is 0 Å². The molecule has 1 amide bonds. The van der Waals surface area contributed by atoms with Crippen molar-refractivity contribution in [1.82, 2.24) is 0 Å². The number of carbonyl (C=O) groups excluding carboxylic acids is 1. The van der Waals surface area contributed by atoms with Crippen LogP contribution in [0.1, 0.15) is 40.1 Å². The molecule has 0 aromatic carbocycles. The molecule has 0 saturated heterocycles. The number of anilines is 1. The first kappa shape index (κ1) is 12.9. The van der Waals surface area contributed by atoms with Crippen LogP contribution < -0.4 is 11.1 Å². The summed E-state index contributed by atoms with van der Waals surface area (Å²) in [6.45, 7) is 0.314. The number of rotatable bonds is 5. The molecule has 0 spiro atoms. The Balaban J connectivity index is 2.20. The summed E-state index contributed by atoms with van der Waals surface area (Å²) in [5, 5.41) is 12.4. The summed E-state index contributed by atoms with van der Waals surface area (Å²) in [5.74, 6) is -1.28. The van der Waals surface area contributed by atoms with Gasteiger partial charge in [0.1, 0.15) is 5.00 Å². The Morgan fingerprint density at radius 2 is 2.06 bits per heavy atom. The molecule has 1 aromatic rings. The van der Waals surface area contributed by atoms with E-state index in [1.165, 1.54) is 16.2 Å². The zero-order valence-electron chi connectivity index (χ0n) is 9.99. The lowest BCUT2D eigenvalue weighted by Gasteiger charge is -2.11. The van der Waals surface area contributed by atoms with Crippen LogP contribution in [0.2, 0.25) is 0 Å². The van der Waals surface area contributed by atoms with E-state index in [2.05, 4.69) is 5.32 Å². The number of amides is 1. The summed E-state index contributed by atoms with van der Waals surface area (Å²) in [6.07, 6.45) is 4.13. The van der Waals surface area contributed by atoms with E-state index in [9.17, 15) is 9.59 Å². The Kier molecular flexibility index (Phi) is 3.86. The molecule has 18 heavy (non-hydrogen) atoms. The van der Waals surface area contributed by atoms with Gasteiger partial charge in [-0.15, -0.1) is 11.3 Å². The molecule has 0 aliphatic heterocycles. The monoisotopic (exact) mass is 268 g/mol. The van der Waals surface area contributed by atoms with Gasteiger partial charge in [-0.2, -0.15) is 0 Å². The van der Waals surface area contributed by atoms with Gasteiger partial charge in [0.05, 0.1) is 12.0 Å². The van der Waals surface area contributed by atoms with Crippen LogP contribution in [-0.4, -0.2) is 23.5 Å². The maximum Gasteiger partial charge on any atom is 0.305 e. The van der Waals surface area contributed by atoms with Crippen molar-refractivity contribution in [2.24, 2.45) is 5.73 Å². The molecule has 4 N–H and O–H groups in total. The van der Waals surface area contributed by atoms with Gasteiger partial charge in [-0.05, 0) is 31.2 Å². The SMILES string of the molecule is NC(=O)c1c(NCCC(=O)O)sc2c1CCCC2. The van der Waals surface area contributed by atoms with E-state index in [1.807, 2.05) is 0 Å². The number of hydrogen-bond acceptors (Lipinski definition) is 4. The normalized spacial score (nSPS) is 14.0. The third-order valence-corrected chi connectivity index (χ3v) is 4.29. The molecule has 0 fully saturated rings. The molecule has 1 aromatic heterocycles. The van der Waals surface area contributed by atoms with Crippen LogP contribution in [0.25, 0.3) is 0 Å². The molecule has 0 saturated carbocycles. The quantitative estimate of drug-likeness (QED) is 0.756. The van der Waals surface area contributed by atoms with E-state index in [0.29, 0.717) is 12.1 Å². The van der Waals surface area contributed by atoms with Crippen molar-refractivity contribution in [3.63, 3.8) is 0 Å². The first-order valence-electron chi connectivity index (χ1n) is 5.99. The second kappa shape index (κ2) is 5.39.